The molecule has 4 rings (SSSR count). The van der Waals surface area contributed by atoms with Gasteiger partial charge in [0.25, 0.3) is 0 Å². The Kier molecular flexibility index (Phi) is 6.41. The molecule has 1 aliphatic heterocycles. The Morgan fingerprint density at radius 1 is 1.12 bits per heavy atom. The molecule has 1 saturated heterocycles. The van der Waals surface area contributed by atoms with Gasteiger partial charge in [-0.3, -0.25) is 9.88 Å². The van der Waals surface area contributed by atoms with Crippen LogP contribution in [0.2, 0.25) is 0 Å². The number of pyridine rings is 1. The van der Waals surface area contributed by atoms with E-state index >= 15 is 0 Å². The van der Waals surface area contributed by atoms with Gasteiger partial charge in [0.1, 0.15) is 11.6 Å². The molecule has 0 unspecified atom stereocenters. The predicted octanol–water partition coefficient (Wildman–Crippen LogP) is 6.05. The van der Waals surface area contributed by atoms with Gasteiger partial charge in [-0.15, -0.1) is 0 Å². The van der Waals surface area contributed by atoms with Crippen LogP contribution in [-0.4, -0.2) is 27.6 Å². The van der Waals surface area contributed by atoms with Crippen molar-refractivity contribution in [3.63, 3.8) is 0 Å². The van der Waals surface area contributed by atoms with Crippen LogP contribution in [0.4, 0.5) is 23.7 Å². The van der Waals surface area contributed by atoms with Crippen LogP contribution in [0, 0.1) is 0 Å². The van der Waals surface area contributed by atoms with Gasteiger partial charge in [0.2, 0.25) is 0 Å². The van der Waals surface area contributed by atoms with E-state index < -0.39 is 17.8 Å². The number of hydrogen-bond acceptors (Lipinski definition) is 4. The van der Waals surface area contributed by atoms with Crippen LogP contribution in [0.15, 0.2) is 79.3 Å². The first-order chi connectivity index (χ1) is 15.8. The lowest BCUT2D eigenvalue weighted by Gasteiger charge is -2.18. The summed E-state index contributed by atoms with van der Waals surface area (Å²) in [5.74, 6) is 0. The maximum atomic E-state index is 13.4. The summed E-state index contributed by atoms with van der Waals surface area (Å²) in [6, 6.07) is 15.9. The normalized spacial score (nSPS) is 16.2. The second-order valence-corrected chi connectivity index (χ2v) is 7.60. The Balaban J connectivity index is 1.58. The number of amides is 1. The number of nitrogens with zero attached hydrogens (tertiary/aromatic N) is 2. The molecule has 33 heavy (non-hydrogen) atoms. The third-order valence-corrected chi connectivity index (χ3v) is 5.41. The predicted molar refractivity (Wildman–Crippen MR) is 122 cm³/mol. The smallest absolute Gasteiger partial charge is 0.417 e. The van der Waals surface area contributed by atoms with Gasteiger partial charge < -0.3 is 10.1 Å². The molecule has 0 aliphatic carbocycles. The zero-order valence-electron chi connectivity index (χ0n) is 17.1. The molecule has 1 atom stereocenters. The SMILES string of the molecule is O=C1OC[C@@H](c2ccccc2)N1C=Cc1cnccc1NC(=S)c1ccccc1C(F)(F)F. The van der Waals surface area contributed by atoms with Gasteiger partial charge in [0.15, 0.2) is 0 Å². The van der Waals surface area contributed by atoms with Gasteiger partial charge in [0, 0.05) is 35.4 Å². The first-order valence-corrected chi connectivity index (χ1v) is 10.4. The number of anilines is 1. The average Bonchev–Trinajstić information content (AvgIpc) is 3.18. The molecule has 3 aromatic rings. The fourth-order valence-corrected chi connectivity index (χ4v) is 3.75. The third kappa shape index (κ3) is 5.04. The van der Waals surface area contributed by atoms with Crippen molar-refractivity contribution in [2.24, 2.45) is 0 Å². The summed E-state index contributed by atoms with van der Waals surface area (Å²) in [6.45, 7) is 0.212. The van der Waals surface area contributed by atoms with Crippen molar-refractivity contribution in [3.05, 3.63) is 102 Å². The highest BCUT2D eigenvalue weighted by Crippen LogP contribution is 2.33. The number of nitrogens with one attached hydrogen (secondary N) is 1. The van der Waals surface area contributed by atoms with Gasteiger partial charge in [-0.25, -0.2) is 4.79 Å². The first kappa shape index (κ1) is 22.5. The number of thiocarbonyl (C=S) groups is 1. The van der Waals surface area contributed by atoms with E-state index in [1.165, 1.54) is 35.5 Å². The van der Waals surface area contributed by atoms with E-state index in [0.717, 1.165) is 11.6 Å². The van der Waals surface area contributed by atoms with Crippen LogP contribution in [0.5, 0.6) is 0 Å². The molecule has 0 bridgehead atoms. The van der Waals surface area contributed by atoms with Crippen molar-refractivity contribution in [1.29, 1.82) is 0 Å². The van der Waals surface area contributed by atoms with Crippen LogP contribution >= 0.6 is 12.2 Å². The molecule has 0 spiro atoms. The summed E-state index contributed by atoms with van der Waals surface area (Å²) in [5.41, 5.74) is 0.962. The number of aromatic nitrogens is 1. The molecule has 2 heterocycles. The molecule has 168 valence electrons. The minimum absolute atomic E-state index is 0.0773. The van der Waals surface area contributed by atoms with Crippen molar-refractivity contribution >= 4 is 35.1 Å². The lowest BCUT2D eigenvalue weighted by Crippen LogP contribution is -2.21. The molecule has 1 amide bonds. The Hall–Kier alpha value is -3.72. The van der Waals surface area contributed by atoms with Crippen LogP contribution in [0.25, 0.3) is 6.08 Å². The van der Waals surface area contributed by atoms with Gasteiger partial charge >= 0.3 is 12.3 Å². The van der Waals surface area contributed by atoms with Gasteiger partial charge in [0.05, 0.1) is 11.6 Å². The Morgan fingerprint density at radius 2 is 1.85 bits per heavy atom. The maximum absolute atomic E-state index is 13.4. The number of carbonyl (C=O) groups excluding carboxylic acids is 1. The molecule has 0 radical (unpaired) electrons. The van der Waals surface area contributed by atoms with E-state index in [2.05, 4.69) is 10.3 Å². The first-order valence-electron chi connectivity index (χ1n) is 9.94. The summed E-state index contributed by atoms with van der Waals surface area (Å²) in [5, 5.41) is 2.87. The molecule has 1 aromatic heterocycles. The van der Waals surface area contributed by atoms with Crippen LogP contribution in [0.3, 0.4) is 0 Å². The van der Waals surface area contributed by atoms with Crippen molar-refractivity contribution in [1.82, 2.24) is 9.88 Å². The minimum atomic E-state index is -4.54. The fraction of sp³-hybridized carbons (Fsp3) is 0.125. The molecular formula is C24H18F3N3O2S. The third-order valence-electron chi connectivity index (χ3n) is 5.09. The average molecular weight is 469 g/mol. The summed E-state index contributed by atoms with van der Waals surface area (Å²) in [7, 11) is 0. The second kappa shape index (κ2) is 9.41. The zero-order chi connectivity index (χ0) is 23.4. The number of halogens is 3. The fourth-order valence-electron chi connectivity index (χ4n) is 3.46. The lowest BCUT2D eigenvalue weighted by atomic mass is 10.1. The topological polar surface area (TPSA) is 54.5 Å². The maximum Gasteiger partial charge on any atom is 0.417 e. The molecule has 2 aromatic carbocycles. The molecule has 5 nitrogen and oxygen atoms in total. The number of ether oxygens (including phenoxy) is 1. The summed E-state index contributed by atoms with van der Waals surface area (Å²) < 4.78 is 45.3. The number of cyclic esters (lactones) is 1. The van der Waals surface area contributed by atoms with E-state index in [1.807, 2.05) is 30.3 Å². The Labute approximate surface area is 193 Å². The molecular weight excluding hydrogens is 451 g/mol. The van der Waals surface area contributed by atoms with E-state index in [-0.39, 0.29) is 23.2 Å². The Bertz CT molecular complexity index is 1200. The molecule has 9 heteroatoms. The standard InChI is InChI=1S/C24H18F3N3O2S/c25-24(26,27)19-9-5-4-8-18(19)22(33)29-20-10-12-28-14-17(20)11-13-30-21(15-32-23(30)31)16-6-2-1-3-7-16/h1-14,21H,15H2,(H,28,29,33)/t21-/m0/s1. The van der Waals surface area contributed by atoms with Crippen molar-refractivity contribution in [3.8, 4) is 0 Å². The second-order valence-electron chi connectivity index (χ2n) is 7.19. The van der Waals surface area contributed by atoms with Gasteiger partial charge in [-0.1, -0.05) is 60.7 Å². The van der Waals surface area contributed by atoms with E-state index in [9.17, 15) is 18.0 Å². The number of alkyl halides is 3. The number of carbonyl (C=O) groups is 1. The van der Waals surface area contributed by atoms with Crippen molar-refractivity contribution in [2.75, 3.05) is 11.9 Å². The highest BCUT2D eigenvalue weighted by Gasteiger charge is 2.34. The number of benzene rings is 2. The summed E-state index contributed by atoms with van der Waals surface area (Å²) in [4.78, 5) is 17.7. The number of hydrogen-bond donors (Lipinski definition) is 1. The van der Waals surface area contributed by atoms with E-state index in [0.29, 0.717) is 11.3 Å². The minimum Gasteiger partial charge on any atom is -0.447 e. The quantitative estimate of drug-likeness (QED) is 0.461. The van der Waals surface area contributed by atoms with Crippen molar-refractivity contribution in [2.45, 2.75) is 12.2 Å². The highest BCUT2D eigenvalue weighted by molar-refractivity contribution is 7.81. The van der Waals surface area contributed by atoms with Gasteiger partial charge in [-0.05, 0) is 23.8 Å². The largest absolute Gasteiger partial charge is 0.447 e. The zero-order valence-corrected chi connectivity index (χ0v) is 17.9. The van der Waals surface area contributed by atoms with Crippen LogP contribution < -0.4 is 5.32 Å². The van der Waals surface area contributed by atoms with Gasteiger partial charge in [-0.2, -0.15) is 13.2 Å². The summed E-state index contributed by atoms with van der Waals surface area (Å²) in [6.07, 6.45) is 1.20. The molecule has 1 N–H and O–H groups in total. The summed E-state index contributed by atoms with van der Waals surface area (Å²) >= 11 is 5.27. The monoisotopic (exact) mass is 469 g/mol. The highest BCUT2D eigenvalue weighted by atomic mass is 32.1. The van der Waals surface area contributed by atoms with Crippen molar-refractivity contribution < 1.29 is 22.7 Å². The van der Waals surface area contributed by atoms with E-state index in [1.54, 1.807) is 18.3 Å². The molecule has 0 saturated carbocycles. The van der Waals surface area contributed by atoms with Crippen LogP contribution in [-0.2, 0) is 10.9 Å². The Morgan fingerprint density at radius 3 is 2.61 bits per heavy atom. The molecule has 1 aliphatic rings. The molecule has 1 fully saturated rings. The number of rotatable bonds is 5. The van der Waals surface area contributed by atoms with Crippen LogP contribution in [0.1, 0.15) is 28.3 Å². The lowest BCUT2D eigenvalue weighted by molar-refractivity contribution is -0.137. The van der Waals surface area contributed by atoms with E-state index in [4.69, 9.17) is 17.0 Å².